The van der Waals surface area contributed by atoms with Crippen LogP contribution < -0.4 is 10.6 Å². The van der Waals surface area contributed by atoms with Gasteiger partial charge in [-0.05, 0) is 39.5 Å². The number of rotatable bonds is 2. The number of hydrogen-bond acceptors (Lipinski definition) is 4. The lowest BCUT2D eigenvalue weighted by atomic mass is 9.79. The molecular formula is C13H24N2O4. The van der Waals surface area contributed by atoms with Crippen molar-refractivity contribution in [1.82, 2.24) is 10.6 Å². The van der Waals surface area contributed by atoms with Crippen molar-refractivity contribution in [3.63, 3.8) is 0 Å². The fourth-order valence-corrected chi connectivity index (χ4v) is 3.22. The molecule has 0 radical (unpaired) electrons. The third-order valence-electron chi connectivity index (χ3n) is 4.21. The Morgan fingerprint density at radius 1 is 1.47 bits per heavy atom. The van der Waals surface area contributed by atoms with Crippen LogP contribution in [0.4, 0.5) is 4.79 Å². The first kappa shape index (κ1) is 14.6. The smallest absolute Gasteiger partial charge is 0.315 e. The van der Waals surface area contributed by atoms with Crippen molar-refractivity contribution in [3.05, 3.63) is 0 Å². The van der Waals surface area contributed by atoms with E-state index in [2.05, 4.69) is 10.6 Å². The van der Waals surface area contributed by atoms with Gasteiger partial charge in [0.2, 0.25) is 0 Å². The summed E-state index contributed by atoms with van der Waals surface area (Å²) in [5.74, 6) is -0.0572. The lowest BCUT2D eigenvalue weighted by Gasteiger charge is -2.45. The molecule has 0 unspecified atom stereocenters. The summed E-state index contributed by atoms with van der Waals surface area (Å²) in [7, 11) is 0. The van der Waals surface area contributed by atoms with Gasteiger partial charge in [0.25, 0.3) is 0 Å². The van der Waals surface area contributed by atoms with Crippen molar-refractivity contribution < 1.29 is 19.7 Å². The topological polar surface area (TPSA) is 90.8 Å². The molecule has 2 rings (SSSR count). The molecule has 0 bridgehead atoms. The number of urea groups is 1. The normalized spacial score (nSPS) is 40.6. The number of aliphatic hydroxyl groups excluding tert-OH is 1. The molecule has 1 aliphatic heterocycles. The van der Waals surface area contributed by atoms with Gasteiger partial charge in [-0.1, -0.05) is 0 Å². The van der Waals surface area contributed by atoms with E-state index in [1.807, 2.05) is 20.8 Å². The van der Waals surface area contributed by atoms with Crippen LogP contribution in [0.2, 0.25) is 0 Å². The van der Waals surface area contributed by atoms with Crippen molar-refractivity contribution in [2.24, 2.45) is 5.92 Å². The van der Waals surface area contributed by atoms with E-state index in [0.29, 0.717) is 19.4 Å². The number of ether oxygens (including phenoxy) is 1. The summed E-state index contributed by atoms with van der Waals surface area (Å²) >= 11 is 0. The summed E-state index contributed by atoms with van der Waals surface area (Å²) in [5, 5.41) is 26.2. The zero-order chi connectivity index (χ0) is 14.3. The van der Waals surface area contributed by atoms with Gasteiger partial charge in [0.15, 0.2) is 0 Å². The van der Waals surface area contributed by atoms with Crippen LogP contribution in [-0.2, 0) is 4.74 Å². The van der Waals surface area contributed by atoms with Gasteiger partial charge in [-0.2, -0.15) is 0 Å². The molecular weight excluding hydrogens is 248 g/mol. The average Bonchev–Trinajstić information content (AvgIpc) is 2.52. The minimum absolute atomic E-state index is 0.0572. The monoisotopic (exact) mass is 272 g/mol. The summed E-state index contributed by atoms with van der Waals surface area (Å²) in [4.78, 5) is 11.6. The van der Waals surface area contributed by atoms with Gasteiger partial charge < -0.3 is 25.6 Å². The zero-order valence-electron chi connectivity index (χ0n) is 11.8. The Bertz CT molecular complexity index is 361. The van der Waals surface area contributed by atoms with E-state index >= 15 is 0 Å². The third-order valence-corrected chi connectivity index (χ3v) is 4.21. The molecule has 1 saturated heterocycles. The average molecular weight is 272 g/mol. The third kappa shape index (κ3) is 2.70. The highest BCUT2D eigenvalue weighted by Gasteiger charge is 2.58. The maximum Gasteiger partial charge on any atom is 0.315 e. The molecule has 2 amide bonds. The van der Waals surface area contributed by atoms with Gasteiger partial charge in [0, 0.05) is 6.54 Å². The minimum Gasteiger partial charge on any atom is -0.391 e. The minimum atomic E-state index is -1.18. The van der Waals surface area contributed by atoms with Crippen LogP contribution in [0.5, 0.6) is 0 Å². The Kier molecular flexibility index (Phi) is 3.77. The molecule has 6 heteroatoms. The Morgan fingerprint density at radius 3 is 2.79 bits per heavy atom. The quantitative estimate of drug-likeness (QED) is 0.569. The number of amides is 2. The van der Waals surface area contributed by atoms with Crippen LogP contribution in [-0.4, -0.2) is 52.7 Å². The molecule has 6 nitrogen and oxygen atoms in total. The second-order valence-electron chi connectivity index (χ2n) is 6.23. The van der Waals surface area contributed by atoms with Gasteiger partial charge >= 0.3 is 6.03 Å². The number of carbonyl (C=O) groups excluding carboxylic acids is 1. The van der Waals surface area contributed by atoms with Crippen LogP contribution in [0.25, 0.3) is 0 Å². The van der Waals surface area contributed by atoms with Crippen LogP contribution in [0.15, 0.2) is 0 Å². The number of hydrogen-bond donors (Lipinski definition) is 4. The molecule has 1 saturated carbocycles. The molecule has 1 heterocycles. The molecule has 2 aliphatic rings. The predicted molar refractivity (Wildman–Crippen MR) is 69.7 cm³/mol. The van der Waals surface area contributed by atoms with Gasteiger partial charge in [-0.3, -0.25) is 0 Å². The molecule has 2 fully saturated rings. The van der Waals surface area contributed by atoms with Crippen molar-refractivity contribution in [2.45, 2.75) is 57.0 Å². The first-order valence-electron chi connectivity index (χ1n) is 6.87. The van der Waals surface area contributed by atoms with E-state index in [4.69, 9.17) is 4.74 Å². The van der Waals surface area contributed by atoms with Crippen LogP contribution >= 0.6 is 0 Å². The summed E-state index contributed by atoms with van der Waals surface area (Å²) in [5.41, 5.74) is -1.47. The molecule has 4 N–H and O–H groups in total. The zero-order valence-corrected chi connectivity index (χ0v) is 11.8. The fourth-order valence-electron chi connectivity index (χ4n) is 3.22. The molecule has 1 aliphatic carbocycles. The predicted octanol–water partition coefficient (Wildman–Crippen LogP) is -0.0151. The van der Waals surface area contributed by atoms with E-state index in [-0.39, 0.29) is 24.2 Å². The standard InChI is InChI=1S/C13H24N2O4/c1-4-14-11(17)15-10-9(16)5-8-6-12(2,3)19-7-13(8,10)18/h8-10,16,18H,4-7H2,1-3H3,(H2,14,15,17)/t8-,9-,10+,13+/m1/s1. The molecule has 19 heavy (non-hydrogen) atoms. The van der Waals surface area contributed by atoms with Gasteiger partial charge in [-0.15, -0.1) is 0 Å². The summed E-state index contributed by atoms with van der Waals surface area (Å²) < 4.78 is 5.67. The van der Waals surface area contributed by atoms with Gasteiger partial charge in [0.1, 0.15) is 5.60 Å². The Balaban J connectivity index is 2.11. The maximum absolute atomic E-state index is 11.6. The fraction of sp³-hybridized carbons (Fsp3) is 0.923. The molecule has 0 aromatic heterocycles. The van der Waals surface area contributed by atoms with Crippen molar-refractivity contribution in [3.8, 4) is 0 Å². The van der Waals surface area contributed by atoms with E-state index in [1.165, 1.54) is 0 Å². The van der Waals surface area contributed by atoms with Crippen LogP contribution in [0.1, 0.15) is 33.6 Å². The van der Waals surface area contributed by atoms with E-state index < -0.39 is 17.7 Å². The summed E-state index contributed by atoms with van der Waals surface area (Å²) in [6.07, 6.45) is 0.421. The summed E-state index contributed by atoms with van der Waals surface area (Å²) in [6.45, 7) is 6.40. The first-order chi connectivity index (χ1) is 8.78. The first-order valence-corrected chi connectivity index (χ1v) is 6.87. The van der Waals surface area contributed by atoms with Crippen LogP contribution in [0.3, 0.4) is 0 Å². The molecule has 0 spiro atoms. The highest BCUT2D eigenvalue weighted by Crippen LogP contribution is 2.45. The van der Waals surface area contributed by atoms with Crippen molar-refractivity contribution in [2.75, 3.05) is 13.2 Å². The maximum atomic E-state index is 11.6. The number of nitrogens with one attached hydrogen (secondary N) is 2. The van der Waals surface area contributed by atoms with Crippen LogP contribution in [0, 0.1) is 5.92 Å². The van der Waals surface area contributed by atoms with E-state index in [1.54, 1.807) is 0 Å². The second kappa shape index (κ2) is 4.92. The molecule has 0 aromatic rings. The van der Waals surface area contributed by atoms with E-state index in [9.17, 15) is 15.0 Å². The number of fused-ring (bicyclic) bond motifs is 1. The summed E-state index contributed by atoms with van der Waals surface area (Å²) in [6, 6.07) is -1.05. The Labute approximate surface area is 113 Å². The van der Waals surface area contributed by atoms with Crippen molar-refractivity contribution in [1.29, 1.82) is 0 Å². The van der Waals surface area contributed by atoms with Gasteiger partial charge in [0.05, 0.1) is 24.4 Å². The lowest BCUT2D eigenvalue weighted by molar-refractivity contribution is -0.183. The lowest BCUT2D eigenvalue weighted by Crippen LogP contribution is -2.62. The van der Waals surface area contributed by atoms with Crippen molar-refractivity contribution >= 4 is 6.03 Å². The van der Waals surface area contributed by atoms with Gasteiger partial charge in [-0.25, -0.2) is 4.79 Å². The molecule has 0 aromatic carbocycles. The number of carbonyl (C=O) groups is 1. The van der Waals surface area contributed by atoms with E-state index in [0.717, 1.165) is 0 Å². The SMILES string of the molecule is CCNC(=O)N[C@H]1[C@H](O)C[C@@H]2CC(C)(C)OC[C@]21O. The Morgan fingerprint density at radius 2 is 2.16 bits per heavy atom. The number of aliphatic hydroxyl groups is 2. The highest BCUT2D eigenvalue weighted by atomic mass is 16.5. The largest absolute Gasteiger partial charge is 0.391 e. The second-order valence-corrected chi connectivity index (χ2v) is 6.23. The molecule has 110 valence electrons. The Hall–Kier alpha value is -0.850. The molecule has 4 atom stereocenters. The highest BCUT2D eigenvalue weighted by molar-refractivity contribution is 5.74.